The van der Waals surface area contributed by atoms with E-state index in [0.29, 0.717) is 0 Å². The van der Waals surface area contributed by atoms with Gasteiger partial charge in [0.2, 0.25) is 0 Å². The van der Waals surface area contributed by atoms with Crippen LogP contribution in [0.2, 0.25) is 0 Å². The number of hydrogen-bond donors (Lipinski definition) is 0. The molecule has 0 unspecified atom stereocenters. The van der Waals surface area contributed by atoms with Gasteiger partial charge in [0.25, 0.3) is 0 Å². The number of hydrogen-bond acceptors (Lipinski definition) is 0. The molecule has 0 bridgehead atoms. The van der Waals surface area contributed by atoms with Gasteiger partial charge in [-0.1, -0.05) is 0 Å². The highest BCUT2D eigenvalue weighted by molar-refractivity contribution is 7.31. The van der Waals surface area contributed by atoms with Crippen molar-refractivity contribution in [1.82, 2.24) is 0 Å². The summed E-state index contributed by atoms with van der Waals surface area (Å²) >= 11 is 0. The Labute approximate surface area is 140 Å². The fourth-order valence-electron chi connectivity index (χ4n) is 2.24. The molecule has 0 aliphatic heterocycles. The van der Waals surface area contributed by atoms with E-state index < -0.39 is 118 Å². The molecule has 0 saturated carbocycles. The molecule has 0 aromatic carbocycles. The maximum atomic E-state index is 7.77. The lowest BCUT2D eigenvalue weighted by molar-refractivity contribution is -0.887. The second kappa shape index (κ2) is 8.02. The van der Waals surface area contributed by atoms with Crippen molar-refractivity contribution in [3.05, 3.63) is 0 Å². The van der Waals surface area contributed by atoms with Gasteiger partial charge in [0.15, 0.2) is 0 Å². The maximum Gasteiger partial charge on any atom is 0.133 e. The van der Waals surface area contributed by atoms with Crippen molar-refractivity contribution >= 4 is 87.3 Å². The second-order valence-electron chi connectivity index (χ2n) is 4.73. The quantitative estimate of drug-likeness (QED) is 0.188. The van der Waals surface area contributed by atoms with E-state index in [-0.39, 0.29) is 0 Å². The third-order valence-electron chi connectivity index (χ3n) is 2.39. The minimum atomic E-state index is -1.69. The standard InChI is InChI=1S/C4H24B12N/c5-13(6)1-17(2-14(7)8,3-15(9)10)4-16(11)12/h1-12H2/q+1/i5T2,6T2,7T2,8T2,9T2,10T2,11T2,12T2. The molecule has 0 aromatic rings. The normalized spacial score (nSPS) is 22.1. The first-order valence-electron chi connectivity index (χ1n) is 14.8. The highest BCUT2D eigenvalue weighted by Crippen LogP contribution is 2.08. The van der Waals surface area contributed by atoms with Crippen molar-refractivity contribution in [3.63, 3.8) is 0 Å². The van der Waals surface area contributed by atoms with E-state index in [2.05, 4.69) is 0 Å². The summed E-state index contributed by atoms with van der Waals surface area (Å²) < 4.78 is 124. The van der Waals surface area contributed by atoms with Gasteiger partial charge in [-0.2, -0.15) is 0 Å². The van der Waals surface area contributed by atoms with Crippen LogP contribution in [0.25, 0.3) is 0 Å². The van der Waals surface area contributed by atoms with Crippen LogP contribution in [-0.4, -0.2) is 139 Å². The first kappa shape index (κ1) is 4.64. The summed E-state index contributed by atoms with van der Waals surface area (Å²) in [5, 5.41) is 0. The smallest absolute Gasteiger partial charge is 0.133 e. The Balaban J connectivity index is 6.80. The van der Waals surface area contributed by atoms with Crippen LogP contribution in [-0.2, 0) is 0 Å². The van der Waals surface area contributed by atoms with Gasteiger partial charge in [-0.3, -0.25) is 0 Å². The van der Waals surface area contributed by atoms with Gasteiger partial charge >= 0.3 is 0 Å². The molecule has 0 rings (SSSR count). The molecule has 0 aromatic heterocycles. The lowest BCUT2D eigenvalue weighted by Crippen LogP contribution is -2.65. The predicted octanol–water partition coefficient (Wildman–Crippen LogP) is -9.02. The summed E-state index contributed by atoms with van der Waals surface area (Å²) in [6, 6.07) is 0. The molecule has 0 aliphatic rings. The minimum Gasteiger partial charge on any atom is -0.357 e. The fourth-order valence-corrected chi connectivity index (χ4v) is 2.24. The van der Waals surface area contributed by atoms with Gasteiger partial charge < -0.3 is 4.48 Å². The topological polar surface area (TPSA) is 0 Å². The van der Waals surface area contributed by atoms with Crippen LogP contribution >= 0.6 is 0 Å². The van der Waals surface area contributed by atoms with Gasteiger partial charge in [-0.15, -0.1) is 0 Å². The van der Waals surface area contributed by atoms with Crippen LogP contribution in [0.5, 0.6) is 0 Å². The van der Waals surface area contributed by atoms with Crippen LogP contribution in [0.15, 0.2) is 0 Å². The molecule has 0 N–H and O–H groups in total. The van der Waals surface area contributed by atoms with Crippen LogP contribution in [0.4, 0.5) is 0 Å². The first-order chi connectivity index (χ1) is 15.0. The van der Waals surface area contributed by atoms with Gasteiger partial charge in [0, 0.05) is 25.8 Å². The molecule has 0 heterocycles. The minimum absolute atomic E-state index is 0.392. The molecular weight excluding hydrogens is 192 g/mol. The molecule has 0 amide bonds. The average molecular weight is 248 g/mol. The third-order valence-corrected chi connectivity index (χ3v) is 2.39. The summed E-state index contributed by atoms with van der Waals surface area (Å²) in [5.74, 6) is 0. The summed E-state index contributed by atoms with van der Waals surface area (Å²) in [7, 11) is -13.6. The number of nitrogens with zero attached hydrogens (tertiary/aromatic N) is 1. The molecule has 0 atom stereocenters. The highest BCUT2D eigenvalue weighted by Gasteiger charge is 2.32. The molecule has 0 spiro atoms. The monoisotopic (exact) mass is 250 g/mol. The Bertz CT molecular complexity index is 416. The van der Waals surface area contributed by atoms with Crippen molar-refractivity contribution < 1.29 is 4.48 Å². The zero-order chi connectivity index (χ0) is 26.3. The van der Waals surface area contributed by atoms with Crippen molar-refractivity contribution in [2.45, 2.75) is 0 Å². The van der Waals surface area contributed by atoms with E-state index in [1.54, 1.807) is 0 Å². The molecule has 0 radical (unpaired) electrons. The average Bonchev–Trinajstić information content (AvgIpc) is 2.64. The van der Waals surface area contributed by atoms with Crippen molar-refractivity contribution in [2.24, 2.45) is 0 Å². The molecule has 13 heteroatoms. The third kappa shape index (κ3) is 8.45. The Hall–Kier alpha value is 0.739. The van der Waals surface area contributed by atoms with E-state index in [9.17, 15) is 0 Å². The van der Waals surface area contributed by atoms with Crippen LogP contribution in [0.3, 0.4) is 0 Å². The van der Waals surface area contributed by atoms with Gasteiger partial charge in [0.05, 0.1) is 61.3 Å². The maximum absolute atomic E-state index is 7.77. The van der Waals surface area contributed by atoms with Gasteiger partial charge in [0.1, 0.15) is 26.0 Å². The zero-order valence-corrected chi connectivity index (χ0v) is 10.2. The summed E-state index contributed by atoms with van der Waals surface area (Å²) in [6.45, 7) is -5.14. The Kier molecular flexibility index (Phi) is 2.19. The SMILES string of the molecule is [3H]B([3H])B(C[N+](CB(B([3H])[3H])B([3H])[3H])(CB(B([3H])[3H])B([3H])[3H])CB(B([3H])[3H])B([3H])[3H])B([3H])[3H]. The largest absolute Gasteiger partial charge is 0.357 e. The van der Waals surface area contributed by atoms with E-state index in [1.165, 1.54) is 0 Å². The van der Waals surface area contributed by atoms with Crippen LogP contribution < -0.4 is 0 Å². The first-order valence-corrected chi connectivity index (χ1v) is 5.56. The summed E-state index contributed by atoms with van der Waals surface area (Å²) in [4.78, 5) is 0. The Morgan fingerprint density at radius 1 is 0.588 bits per heavy atom. The molecule has 0 fully saturated rings. The summed E-state index contributed by atoms with van der Waals surface area (Å²) in [6.07, 6.45) is -1.57. The van der Waals surface area contributed by atoms with E-state index >= 15 is 0 Å². The molecule has 0 saturated heterocycles. The van der Waals surface area contributed by atoms with Crippen molar-refractivity contribution in [2.75, 3.05) is 25.8 Å². The summed E-state index contributed by atoms with van der Waals surface area (Å²) in [5.41, 5.74) is 0. The number of rotatable bonds is 16. The lowest BCUT2D eigenvalue weighted by Gasteiger charge is -2.44. The van der Waals surface area contributed by atoms with Gasteiger partial charge in [-0.25, -0.2) is 0 Å². The van der Waals surface area contributed by atoms with Crippen LogP contribution in [0, 0.1) is 0 Å². The van der Waals surface area contributed by atoms with Crippen molar-refractivity contribution in [3.8, 4) is 0 Å². The second-order valence-corrected chi connectivity index (χ2v) is 4.73. The lowest BCUT2D eigenvalue weighted by atomic mass is 9.14. The number of quaternary nitrogens is 1. The van der Waals surface area contributed by atoms with E-state index in [1.807, 2.05) is 0 Å². The molecule has 80 valence electrons. The zero-order valence-electron chi connectivity index (χ0n) is 26.2. The Morgan fingerprint density at radius 3 is 1.00 bits per heavy atom. The Morgan fingerprint density at radius 2 is 0.824 bits per heavy atom. The van der Waals surface area contributed by atoms with E-state index in [4.69, 9.17) is 21.4 Å². The van der Waals surface area contributed by atoms with E-state index in [0.717, 1.165) is 0 Å². The molecule has 1 nitrogen and oxygen atoms in total. The van der Waals surface area contributed by atoms with Gasteiger partial charge in [-0.05, 0) is 21.4 Å². The molecule has 17 heavy (non-hydrogen) atoms. The van der Waals surface area contributed by atoms with Crippen LogP contribution in [0.1, 0.15) is 0 Å². The molecule has 0 aliphatic carbocycles. The molecular formula is C4H24B12N+. The fraction of sp³-hybridized carbons (Fsp3) is 1.00. The van der Waals surface area contributed by atoms with Crippen molar-refractivity contribution in [1.29, 1.82) is 21.4 Å². The predicted molar refractivity (Wildman–Crippen MR) is 111 cm³/mol. The highest BCUT2D eigenvalue weighted by atomic mass is 15.3.